The van der Waals surface area contributed by atoms with Gasteiger partial charge >= 0.3 is 6.03 Å². The highest BCUT2D eigenvalue weighted by Crippen LogP contribution is 2.38. The molecule has 0 aliphatic rings. The van der Waals surface area contributed by atoms with Crippen molar-refractivity contribution in [3.05, 3.63) is 35.4 Å². The smallest absolute Gasteiger partial charge is 0.355 e. The summed E-state index contributed by atoms with van der Waals surface area (Å²) in [6, 6.07) is 6.11. The van der Waals surface area contributed by atoms with E-state index in [1.54, 1.807) is 24.3 Å². The van der Waals surface area contributed by atoms with Crippen LogP contribution in [0.2, 0.25) is 0 Å². The number of ether oxygens (including phenoxy) is 6. The molecule has 0 aromatic heterocycles. The molecule has 0 saturated carbocycles. The summed E-state index contributed by atoms with van der Waals surface area (Å²) in [5.74, 6) is 2.78. The summed E-state index contributed by atoms with van der Waals surface area (Å²) < 4.78 is 31.6. The molecule has 0 aliphatic carbocycles. The summed E-state index contributed by atoms with van der Waals surface area (Å²) >= 11 is 0. The fourth-order valence-corrected chi connectivity index (χ4v) is 2.71. The Kier molecular flexibility index (Phi) is 8.96. The minimum absolute atomic E-state index is 0.457. The summed E-state index contributed by atoms with van der Waals surface area (Å²) in [4.78, 5) is 11.9. The van der Waals surface area contributed by atoms with Crippen molar-refractivity contribution in [3.63, 3.8) is 0 Å². The number of amides is 2. The Bertz CT molecular complexity index is 865. The normalized spacial score (nSPS) is 10.7. The highest BCUT2D eigenvalue weighted by Gasteiger charge is 2.13. The average molecular weight is 446 g/mol. The number of nitrogens with one attached hydrogen (secondary N) is 2. The van der Waals surface area contributed by atoms with Crippen LogP contribution < -0.4 is 39.3 Å². The van der Waals surface area contributed by atoms with Crippen molar-refractivity contribution in [2.24, 2.45) is 10.2 Å². The number of hydrogen-bond acceptors (Lipinski definition) is 9. The molecule has 0 spiro atoms. The Balaban J connectivity index is 2.02. The van der Waals surface area contributed by atoms with Crippen molar-refractivity contribution < 1.29 is 33.2 Å². The quantitative estimate of drug-likeness (QED) is 0.425. The third kappa shape index (κ3) is 5.94. The molecule has 11 nitrogen and oxygen atoms in total. The van der Waals surface area contributed by atoms with Gasteiger partial charge in [-0.2, -0.15) is 10.2 Å². The predicted molar refractivity (Wildman–Crippen MR) is 119 cm³/mol. The molecule has 172 valence electrons. The number of urea groups is 1. The third-order valence-electron chi connectivity index (χ3n) is 4.13. The van der Waals surface area contributed by atoms with Gasteiger partial charge in [0.1, 0.15) is 0 Å². The van der Waals surface area contributed by atoms with Crippen molar-refractivity contribution in [1.82, 2.24) is 10.9 Å². The van der Waals surface area contributed by atoms with Crippen molar-refractivity contribution in [2.75, 3.05) is 42.7 Å². The molecule has 0 saturated heterocycles. The van der Waals surface area contributed by atoms with E-state index in [1.165, 1.54) is 55.1 Å². The maximum Gasteiger partial charge on any atom is 0.355 e. The number of hydrogen-bond donors (Lipinski definition) is 2. The first kappa shape index (κ1) is 24.1. The molecule has 2 amide bonds. The van der Waals surface area contributed by atoms with E-state index in [0.29, 0.717) is 45.6 Å². The average Bonchev–Trinajstić information content (AvgIpc) is 2.82. The highest BCUT2D eigenvalue weighted by atomic mass is 16.5. The zero-order valence-corrected chi connectivity index (χ0v) is 18.7. The minimum Gasteiger partial charge on any atom is -0.493 e. The van der Waals surface area contributed by atoms with Crippen LogP contribution in [0, 0.1) is 0 Å². The second-order valence-corrected chi connectivity index (χ2v) is 5.99. The largest absolute Gasteiger partial charge is 0.493 e. The number of carbonyl (C=O) groups excluding carboxylic acids is 1. The Morgan fingerprint density at radius 2 is 0.938 bits per heavy atom. The number of nitrogens with zero attached hydrogens (tertiary/aromatic N) is 2. The van der Waals surface area contributed by atoms with Gasteiger partial charge in [-0.15, -0.1) is 0 Å². The molecular weight excluding hydrogens is 420 g/mol. The second kappa shape index (κ2) is 11.9. The van der Waals surface area contributed by atoms with E-state index in [-0.39, 0.29) is 0 Å². The third-order valence-corrected chi connectivity index (χ3v) is 4.13. The maximum atomic E-state index is 11.9. The Hall–Kier alpha value is -4.15. The summed E-state index contributed by atoms with van der Waals surface area (Å²) in [6.45, 7) is 0. The van der Waals surface area contributed by atoms with Gasteiger partial charge in [-0.25, -0.2) is 15.6 Å². The van der Waals surface area contributed by atoms with Crippen LogP contribution in [0.3, 0.4) is 0 Å². The van der Waals surface area contributed by atoms with Crippen LogP contribution in [-0.2, 0) is 0 Å². The number of benzene rings is 2. The predicted octanol–water partition coefficient (Wildman–Crippen LogP) is 2.41. The van der Waals surface area contributed by atoms with E-state index in [9.17, 15) is 4.79 Å². The van der Waals surface area contributed by atoms with Crippen LogP contribution >= 0.6 is 0 Å². The molecule has 0 fully saturated rings. The molecule has 2 aromatic rings. The van der Waals surface area contributed by atoms with Crippen LogP contribution in [0.4, 0.5) is 4.79 Å². The van der Waals surface area contributed by atoms with Gasteiger partial charge < -0.3 is 28.4 Å². The van der Waals surface area contributed by atoms with Crippen LogP contribution in [0.1, 0.15) is 11.1 Å². The van der Waals surface area contributed by atoms with Gasteiger partial charge in [-0.1, -0.05) is 0 Å². The zero-order valence-electron chi connectivity index (χ0n) is 18.7. The van der Waals surface area contributed by atoms with Gasteiger partial charge in [0.15, 0.2) is 23.0 Å². The maximum absolute atomic E-state index is 11.9. The Morgan fingerprint density at radius 1 is 0.625 bits per heavy atom. The second-order valence-electron chi connectivity index (χ2n) is 5.99. The topological polar surface area (TPSA) is 121 Å². The molecule has 32 heavy (non-hydrogen) atoms. The van der Waals surface area contributed by atoms with Gasteiger partial charge in [0.05, 0.1) is 55.1 Å². The first-order valence-corrected chi connectivity index (χ1v) is 9.23. The summed E-state index contributed by atoms with van der Waals surface area (Å²) in [5, 5.41) is 7.76. The SMILES string of the molecule is COc1cc(C=NNC(=O)N/N=C/c2cc(OC)c(OC)c(OC)c2)cc(OC)c1OC. The van der Waals surface area contributed by atoms with Gasteiger partial charge in [0, 0.05) is 11.1 Å². The van der Waals surface area contributed by atoms with E-state index in [2.05, 4.69) is 21.1 Å². The van der Waals surface area contributed by atoms with Crippen LogP contribution in [-0.4, -0.2) is 61.1 Å². The van der Waals surface area contributed by atoms with Gasteiger partial charge in [0.25, 0.3) is 0 Å². The number of carbonyl (C=O) groups is 1. The monoisotopic (exact) mass is 446 g/mol. The fourth-order valence-electron chi connectivity index (χ4n) is 2.71. The Morgan fingerprint density at radius 3 is 1.19 bits per heavy atom. The lowest BCUT2D eigenvalue weighted by atomic mass is 10.2. The molecule has 2 aromatic carbocycles. The minimum atomic E-state index is -0.641. The fraction of sp³-hybridized carbons (Fsp3) is 0.286. The van der Waals surface area contributed by atoms with E-state index >= 15 is 0 Å². The lowest BCUT2D eigenvalue weighted by Crippen LogP contribution is -2.28. The molecule has 0 heterocycles. The van der Waals surface area contributed by atoms with Gasteiger partial charge in [0.2, 0.25) is 11.5 Å². The first-order chi connectivity index (χ1) is 15.5. The Labute approximate surface area is 185 Å². The highest BCUT2D eigenvalue weighted by molar-refractivity contribution is 5.85. The number of rotatable bonds is 10. The van der Waals surface area contributed by atoms with Crippen LogP contribution in [0.5, 0.6) is 34.5 Å². The van der Waals surface area contributed by atoms with E-state index in [0.717, 1.165) is 0 Å². The summed E-state index contributed by atoms with van der Waals surface area (Å²) in [7, 11) is 9.06. The zero-order chi connectivity index (χ0) is 23.5. The molecule has 0 radical (unpaired) electrons. The first-order valence-electron chi connectivity index (χ1n) is 9.23. The molecule has 2 N–H and O–H groups in total. The van der Waals surface area contributed by atoms with Crippen molar-refractivity contribution in [3.8, 4) is 34.5 Å². The molecule has 0 bridgehead atoms. The van der Waals surface area contributed by atoms with Gasteiger partial charge in [-0.3, -0.25) is 0 Å². The van der Waals surface area contributed by atoms with Crippen LogP contribution in [0.25, 0.3) is 0 Å². The molecule has 2 rings (SSSR count). The lowest BCUT2D eigenvalue weighted by molar-refractivity contribution is 0.242. The van der Waals surface area contributed by atoms with E-state index < -0.39 is 6.03 Å². The summed E-state index contributed by atoms with van der Waals surface area (Å²) in [6.07, 6.45) is 2.85. The number of hydrazone groups is 2. The molecule has 0 aliphatic heterocycles. The number of methoxy groups -OCH3 is 6. The molecule has 0 atom stereocenters. The van der Waals surface area contributed by atoms with E-state index in [1.807, 2.05) is 0 Å². The molecular formula is C21H26N4O7. The van der Waals surface area contributed by atoms with Crippen molar-refractivity contribution in [2.45, 2.75) is 0 Å². The molecule has 0 unspecified atom stereocenters. The standard InChI is InChI=1S/C21H26N4O7/c1-27-15-7-13(8-16(28-2)19(15)31-5)11-22-24-21(26)25-23-12-14-9-17(29-3)20(32-6)18(10-14)30-4/h7-12H,1-6H3,(H2,24,25,26)/b22-11+,23-12?. The van der Waals surface area contributed by atoms with Crippen molar-refractivity contribution >= 4 is 18.5 Å². The van der Waals surface area contributed by atoms with Crippen molar-refractivity contribution in [1.29, 1.82) is 0 Å². The summed E-state index contributed by atoms with van der Waals surface area (Å²) in [5.41, 5.74) is 5.87. The molecule has 11 heteroatoms. The van der Waals surface area contributed by atoms with E-state index in [4.69, 9.17) is 28.4 Å². The lowest BCUT2D eigenvalue weighted by Gasteiger charge is -2.12. The van der Waals surface area contributed by atoms with Crippen LogP contribution in [0.15, 0.2) is 34.5 Å². The van der Waals surface area contributed by atoms with Gasteiger partial charge in [-0.05, 0) is 24.3 Å².